The Hall–Kier alpha value is -1.38. The standard InChI is InChI=1S/C10H11FO2.C2H6/c1-3-9(12)7-4-5-10(13-2)8(11)6-7;1-2/h4-6H,3H2,1-2H3;1-2H3. The molecule has 0 aliphatic carbocycles. The number of hydrogen-bond donors (Lipinski definition) is 0. The Kier molecular flexibility index (Phi) is 6.34. The van der Waals surface area contributed by atoms with Crippen LogP contribution in [0, 0.1) is 5.82 Å². The highest BCUT2D eigenvalue weighted by molar-refractivity contribution is 5.95. The predicted molar refractivity (Wildman–Crippen MR) is 58.9 cm³/mol. The summed E-state index contributed by atoms with van der Waals surface area (Å²) in [5.74, 6) is -0.406. The largest absolute Gasteiger partial charge is 0.494 e. The highest BCUT2D eigenvalue weighted by atomic mass is 19.1. The minimum Gasteiger partial charge on any atom is -0.494 e. The highest BCUT2D eigenvalue weighted by Gasteiger charge is 2.07. The maximum atomic E-state index is 13.1. The summed E-state index contributed by atoms with van der Waals surface area (Å²) >= 11 is 0. The first-order valence-corrected chi connectivity index (χ1v) is 5.05. The number of ketones is 1. The van der Waals surface area contributed by atoms with Crippen molar-refractivity contribution in [1.82, 2.24) is 0 Å². The van der Waals surface area contributed by atoms with Crippen LogP contribution < -0.4 is 4.74 Å². The fourth-order valence-corrected chi connectivity index (χ4v) is 1.04. The maximum absolute atomic E-state index is 13.1. The molecule has 0 saturated carbocycles. The molecule has 0 spiro atoms. The van der Waals surface area contributed by atoms with E-state index < -0.39 is 5.82 Å². The van der Waals surface area contributed by atoms with Crippen LogP contribution in [0.5, 0.6) is 5.75 Å². The van der Waals surface area contributed by atoms with Crippen molar-refractivity contribution < 1.29 is 13.9 Å². The summed E-state index contributed by atoms with van der Waals surface area (Å²) in [5.41, 5.74) is 0.390. The molecule has 0 N–H and O–H groups in total. The highest BCUT2D eigenvalue weighted by Crippen LogP contribution is 2.18. The molecule has 3 heteroatoms. The predicted octanol–water partition coefficient (Wildman–Crippen LogP) is 3.45. The Labute approximate surface area is 90.1 Å². The second-order valence-electron chi connectivity index (χ2n) is 2.63. The van der Waals surface area contributed by atoms with E-state index >= 15 is 0 Å². The van der Waals surface area contributed by atoms with Crippen molar-refractivity contribution in [2.24, 2.45) is 0 Å². The van der Waals surface area contributed by atoms with Crippen molar-refractivity contribution in [2.75, 3.05) is 7.11 Å². The first kappa shape index (κ1) is 13.6. The number of carbonyl (C=O) groups is 1. The molecule has 0 bridgehead atoms. The van der Waals surface area contributed by atoms with Crippen molar-refractivity contribution in [3.8, 4) is 5.75 Å². The van der Waals surface area contributed by atoms with E-state index in [-0.39, 0.29) is 11.5 Å². The van der Waals surface area contributed by atoms with E-state index in [0.29, 0.717) is 12.0 Å². The van der Waals surface area contributed by atoms with Gasteiger partial charge in [-0.3, -0.25) is 4.79 Å². The van der Waals surface area contributed by atoms with E-state index in [0.717, 1.165) is 0 Å². The molecule has 0 aliphatic rings. The van der Waals surface area contributed by atoms with Crippen LogP contribution in [0.1, 0.15) is 37.6 Å². The molecule has 1 rings (SSSR count). The van der Waals surface area contributed by atoms with E-state index in [2.05, 4.69) is 0 Å². The number of ether oxygens (including phenoxy) is 1. The number of halogens is 1. The molecule has 15 heavy (non-hydrogen) atoms. The van der Waals surface area contributed by atoms with Gasteiger partial charge in [0, 0.05) is 12.0 Å². The second-order valence-corrected chi connectivity index (χ2v) is 2.63. The molecule has 0 fully saturated rings. The third-order valence-corrected chi connectivity index (χ3v) is 1.79. The van der Waals surface area contributed by atoms with Gasteiger partial charge in [-0.25, -0.2) is 4.39 Å². The lowest BCUT2D eigenvalue weighted by Crippen LogP contribution is -1.98. The molecule has 0 aromatic heterocycles. The van der Waals surface area contributed by atoms with E-state index in [4.69, 9.17) is 4.74 Å². The number of Topliss-reactive ketones (excluding diaryl/α,β-unsaturated/α-hetero) is 1. The third-order valence-electron chi connectivity index (χ3n) is 1.79. The van der Waals surface area contributed by atoms with Gasteiger partial charge in [0.15, 0.2) is 17.3 Å². The summed E-state index contributed by atoms with van der Waals surface area (Å²) in [6.07, 6.45) is 0.381. The van der Waals surface area contributed by atoms with Gasteiger partial charge in [0.1, 0.15) is 0 Å². The van der Waals surface area contributed by atoms with Crippen LogP contribution in [-0.4, -0.2) is 12.9 Å². The molecule has 0 radical (unpaired) electrons. The van der Waals surface area contributed by atoms with E-state index in [1.54, 1.807) is 13.0 Å². The molecule has 0 saturated heterocycles. The number of hydrogen-bond acceptors (Lipinski definition) is 2. The summed E-state index contributed by atoms with van der Waals surface area (Å²) in [4.78, 5) is 11.2. The molecule has 0 heterocycles. The van der Waals surface area contributed by atoms with Crippen molar-refractivity contribution in [2.45, 2.75) is 27.2 Å². The van der Waals surface area contributed by atoms with Gasteiger partial charge in [0.05, 0.1) is 7.11 Å². The van der Waals surface area contributed by atoms with Crippen LogP contribution in [0.3, 0.4) is 0 Å². The zero-order chi connectivity index (χ0) is 11.8. The van der Waals surface area contributed by atoms with Crippen molar-refractivity contribution in [3.05, 3.63) is 29.6 Å². The third kappa shape index (κ3) is 3.70. The minimum absolute atomic E-state index is 0.0680. The van der Waals surface area contributed by atoms with Gasteiger partial charge >= 0.3 is 0 Å². The molecule has 84 valence electrons. The summed E-state index contributed by atoms with van der Waals surface area (Å²) in [5, 5.41) is 0. The summed E-state index contributed by atoms with van der Waals surface area (Å²) in [7, 11) is 1.39. The molecule has 0 unspecified atom stereocenters. The van der Waals surface area contributed by atoms with Gasteiger partial charge in [-0.15, -0.1) is 0 Å². The minimum atomic E-state index is -0.498. The van der Waals surface area contributed by atoms with Crippen molar-refractivity contribution in [3.63, 3.8) is 0 Å². The molecule has 1 aromatic carbocycles. The number of methoxy groups -OCH3 is 1. The Bertz CT molecular complexity index is 321. The van der Waals surface area contributed by atoms with Crippen LogP contribution in [0.2, 0.25) is 0 Å². The molecule has 0 aliphatic heterocycles. The zero-order valence-corrected chi connectivity index (χ0v) is 9.63. The van der Waals surface area contributed by atoms with Gasteiger partial charge < -0.3 is 4.74 Å². The topological polar surface area (TPSA) is 26.3 Å². The van der Waals surface area contributed by atoms with Crippen LogP contribution in [-0.2, 0) is 0 Å². The Morgan fingerprint density at radius 3 is 2.40 bits per heavy atom. The average molecular weight is 212 g/mol. The Morgan fingerprint density at radius 1 is 1.40 bits per heavy atom. The fourth-order valence-electron chi connectivity index (χ4n) is 1.04. The molecular weight excluding hydrogens is 195 g/mol. The number of benzene rings is 1. The van der Waals surface area contributed by atoms with E-state index in [1.807, 2.05) is 13.8 Å². The first-order chi connectivity index (χ1) is 7.19. The maximum Gasteiger partial charge on any atom is 0.165 e. The molecule has 0 atom stereocenters. The lowest BCUT2D eigenvalue weighted by atomic mass is 10.1. The van der Waals surface area contributed by atoms with Crippen LogP contribution >= 0.6 is 0 Å². The smallest absolute Gasteiger partial charge is 0.165 e. The van der Waals surface area contributed by atoms with Crippen LogP contribution in [0.15, 0.2) is 18.2 Å². The molecular formula is C12H17FO2. The molecule has 2 nitrogen and oxygen atoms in total. The van der Waals surface area contributed by atoms with Gasteiger partial charge in [0.2, 0.25) is 0 Å². The Balaban J connectivity index is 0.000000921. The SMILES string of the molecule is CC.CCC(=O)c1ccc(OC)c(F)c1. The summed E-state index contributed by atoms with van der Waals surface area (Å²) in [6, 6.07) is 4.22. The van der Waals surface area contributed by atoms with Crippen LogP contribution in [0.25, 0.3) is 0 Å². The Morgan fingerprint density at radius 2 is 2.00 bits per heavy atom. The first-order valence-electron chi connectivity index (χ1n) is 5.05. The lowest BCUT2D eigenvalue weighted by molar-refractivity contribution is 0.0987. The zero-order valence-electron chi connectivity index (χ0n) is 9.63. The average Bonchev–Trinajstić information content (AvgIpc) is 2.30. The van der Waals surface area contributed by atoms with Gasteiger partial charge in [-0.1, -0.05) is 20.8 Å². The quantitative estimate of drug-likeness (QED) is 0.717. The van der Waals surface area contributed by atoms with Gasteiger partial charge in [-0.05, 0) is 18.2 Å². The molecule has 1 aromatic rings. The lowest BCUT2D eigenvalue weighted by Gasteiger charge is -2.02. The summed E-state index contributed by atoms with van der Waals surface area (Å²) in [6.45, 7) is 5.74. The van der Waals surface area contributed by atoms with Crippen LogP contribution in [0.4, 0.5) is 4.39 Å². The van der Waals surface area contributed by atoms with Crippen molar-refractivity contribution in [1.29, 1.82) is 0 Å². The monoisotopic (exact) mass is 212 g/mol. The molecule has 0 amide bonds. The normalized spacial score (nSPS) is 8.87. The second kappa shape index (κ2) is 6.98. The van der Waals surface area contributed by atoms with Crippen molar-refractivity contribution >= 4 is 5.78 Å². The number of rotatable bonds is 3. The van der Waals surface area contributed by atoms with Gasteiger partial charge in [0.25, 0.3) is 0 Å². The summed E-state index contributed by atoms with van der Waals surface area (Å²) < 4.78 is 17.8. The van der Waals surface area contributed by atoms with E-state index in [9.17, 15) is 9.18 Å². The van der Waals surface area contributed by atoms with E-state index in [1.165, 1.54) is 19.2 Å². The number of carbonyl (C=O) groups excluding carboxylic acids is 1. The van der Waals surface area contributed by atoms with Gasteiger partial charge in [-0.2, -0.15) is 0 Å². The fraction of sp³-hybridized carbons (Fsp3) is 0.417.